The minimum Gasteiger partial charge on any atom is -0.480 e. The molecule has 0 aromatic heterocycles. The van der Waals surface area contributed by atoms with Crippen molar-refractivity contribution in [3.63, 3.8) is 0 Å². The number of rotatable bonds is 12. The molecule has 0 aliphatic heterocycles. The summed E-state index contributed by atoms with van der Waals surface area (Å²) in [5.74, 6) is -0.873. The smallest absolute Gasteiger partial charge is 0.317 e. The van der Waals surface area contributed by atoms with Gasteiger partial charge in [0.05, 0.1) is 33.0 Å². The van der Waals surface area contributed by atoms with Gasteiger partial charge in [-0.1, -0.05) is 29.8 Å². The van der Waals surface area contributed by atoms with Gasteiger partial charge in [0.15, 0.2) is 0 Å². The molecule has 3 N–H and O–H groups in total. The highest BCUT2D eigenvalue weighted by molar-refractivity contribution is 9.10. The third-order valence-electron chi connectivity index (χ3n) is 1.79. The van der Waals surface area contributed by atoms with Crippen LogP contribution in [0.25, 0.3) is 0 Å². The molecule has 0 aliphatic carbocycles. The van der Waals surface area contributed by atoms with Crippen LogP contribution in [0.1, 0.15) is 20.3 Å². The van der Waals surface area contributed by atoms with Gasteiger partial charge in [-0.2, -0.15) is 0 Å². The quantitative estimate of drug-likeness (QED) is 0.409. The minimum atomic E-state index is -0.873. The van der Waals surface area contributed by atoms with E-state index in [2.05, 4.69) is 15.9 Å². The Balaban J connectivity index is 0. The summed E-state index contributed by atoms with van der Waals surface area (Å²) in [6.07, 6.45) is 0.439. The van der Waals surface area contributed by atoms with Crippen molar-refractivity contribution in [3.8, 4) is 0 Å². The van der Waals surface area contributed by atoms with Crippen molar-refractivity contribution in [2.24, 2.45) is 5.73 Å². The lowest BCUT2D eigenvalue weighted by Gasteiger charge is -2.07. The molecule has 0 saturated heterocycles. The zero-order valence-corrected chi connectivity index (χ0v) is 13.4. The van der Waals surface area contributed by atoms with Gasteiger partial charge in [-0.15, -0.1) is 0 Å². The largest absolute Gasteiger partial charge is 0.480 e. The summed E-state index contributed by atoms with van der Waals surface area (Å²) >= 11 is 3.02. The van der Waals surface area contributed by atoms with E-state index in [9.17, 15) is 4.79 Å². The normalized spacial score (nSPS) is 11.6. The molecule has 0 radical (unpaired) electrons. The predicted octanol–water partition coefficient (Wildman–Crippen LogP) is 1.26. The van der Waals surface area contributed by atoms with Crippen LogP contribution in [-0.4, -0.2) is 62.1 Å². The predicted molar refractivity (Wildman–Crippen MR) is 77.8 cm³/mol. The fraction of sp³-hybridized carbons (Fsp3) is 0.917. The average Bonchev–Trinajstić information content (AvgIpc) is 2.42. The third kappa shape index (κ3) is 17.8. The fourth-order valence-electron chi connectivity index (χ4n) is 0.935. The zero-order valence-electron chi connectivity index (χ0n) is 11.8. The van der Waals surface area contributed by atoms with E-state index in [1.807, 2.05) is 13.8 Å². The molecule has 0 aliphatic rings. The molecule has 0 amide bonds. The van der Waals surface area contributed by atoms with Crippen LogP contribution < -0.4 is 5.73 Å². The van der Waals surface area contributed by atoms with Gasteiger partial charge in [-0.25, -0.2) is 0 Å². The van der Waals surface area contributed by atoms with Crippen LogP contribution in [0.5, 0.6) is 0 Å². The summed E-state index contributed by atoms with van der Waals surface area (Å²) in [7, 11) is 0. The van der Waals surface area contributed by atoms with E-state index in [4.69, 9.17) is 25.1 Å². The van der Waals surface area contributed by atoms with Gasteiger partial charge in [0.2, 0.25) is 0 Å². The molecular weight excluding hydrogens is 318 g/mol. The first-order valence-electron chi connectivity index (χ1n) is 6.48. The van der Waals surface area contributed by atoms with Gasteiger partial charge in [0, 0.05) is 13.2 Å². The van der Waals surface area contributed by atoms with E-state index in [0.717, 1.165) is 0 Å². The molecule has 0 fully saturated rings. The van der Waals surface area contributed by atoms with Crippen LogP contribution in [0.2, 0.25) is 0 Å². The van der Waals surface area contributed by atoms with Gasteiger partial charge in [0.1, 0.15) is 4.83 Å². The second kappa shape index (κ2) is 17.8. The first-order valence-corrected chi connectivity index (χ1v) is 7.40. The Bertz CT molecular complexity index is 195. The summed E-state index contributed by atoms with van der Waals surface area (Å²) in [6, 6.07) is 0. The van der Waals surface area contributed by atoms with Crippen molar-refractivity contribution in [2.45, 2.75) is 25.1 Å². The molecule has 1 unspecified atom stereocenters. The number of hydrogen-bond acceptors (Lipinski definition) is 5. The highest BCUT2D eigenvalue weighted by Gasteiger charge is 2.11. The molecule has 19 heavy (non-hydrogen) atoms. The van der Waals surface area contributed by atoms with Crippen LogP contribution in [-0.2, 0) is 19.0 Å². The van der Waals surface area contributed by atoms with Crippen molar-refractivity contribution < 1.29 is 24.1 Å². The Hall–Kier alpha value is -0.210. The Morgan fingerprint density at radius 2 is 1.47 bits per heavy atom. The summed E-state index contributed by atoms with van der Waals surface area (Å²) in [4.78, 5) is 9.89. The highest BCUT2D eigenvalue weighted by Crippen LogP contribution is 2.04. The molecule has 0 rings (SSSR count). The SMILES string of the molecule is CC.NCCOCCOCCOCCC(Br)C(=O)O. The van der Waals surface area contributed by atoms with Crippen LogP contribution in [0, 0.1) is 0 Å². The number of alkyl halides is 1. The molecule has 0 spiro atoms. The zero-order chi connectivity index (χ0) is 14.9. The summed E-state index contributed by atoms with van der Waals surface area (Å²) in [5, 5.41) is 8.58. The number of ether oxygens (including phenoxy) is 3. The van der Waals surface area contributed by atoms with E-state index >= 15 is 0 Å². The van der Waals surface area contributed by atoms with Crippen molar-refractivity contribution >= 4 is 21.9 Å². The summed E-state index contributed by atoms with van der Waals surface area (Å²) < 4.78 is 15.5. The standard InChI is InChI=1S/C10H20BrNO5.C2H6/c11-9(10(13)14)1-3-15-5-7-17-8-6-16-4-2-12;1-2/h9H,1-8,12H2,(H,13,14);1-2H3. The molecule has 0 aromatic rings. The van der Waals surface area contributed by atoms with Gasteiger partial charge in [0.25, 0.3) is 0 Å². The molecule has 1 atom stereocenters. The summed E-state index contributed by atoms with van der Waals surface area (Å²) in [5.41, 5.74) is 5.24. The Morgan fingerprint density at radius 1 is 1.05 bits per heavy atom. The van der Waals surface area contributed by atoms with E-state index in [1.54, 1.807) is 0 Å². The van der Waals surface area contributed by atoms with Crippen molar-refractivity contribution in [3.05, 3.63) is 0 Å². The number of nitrogens with two attached hydrogens (primary N) is 1. The lowest BCUT2D eigenvalue weighted by Crippen LogP contribution is -2.16. The number of aliphatic carboxylic acids is 1. The number of halogens is 1. The minimum absolute atomic E-state index is 0.398. The van der Waals surface area contributed by atoms with Crippen LogP contribution >= 0.6 is 15.9 Å². The second-order valence-corrected chi connectivity index (χ2v) is 4.33. The van der Waals surface area contributed by atoms with Gasteiger partial charge in [-0.3, -0.25) is 4.79 Å². The number of hydrogen-bond donors (Lipinski definition) is 2. The maximum absolute atomic E-state index is 10.4. The first-order chi connectivity index (χ1) is 9.18. The lowest BCUT2D eigenvalue weighted by molar-refractivity contribution is -0.136. The van der Waals surface area contributed by atoms with E-state index in [-0.39, 0.29) is 0 Å². The van der Waals surface area contributed by atoms with Crippen LogP contribution in [0.4, 0.5) is 0 Å². The number of carboxylic acids is 1. The van der Waals surface area contributed by atoms with Crippen molar-refractivity contribution in [1.29, 1.82) is 0 Å². The van der Waals surface area contributed by atoms with Crippen LogP contribution in [0.3, 0.4) is 0 Å². The fourth-order valence-corrected chi connectivity index (χ4v) is 1.12. The Morgan fingerprint density at radius 3 is 1.89 bits per heavy atom. The van der Waals surface area contributed by atoms with Gasteiger partial charge < -0.3 is 25.1 Å². The molecule has 0 saturated carbocycles. The van der Waals surface area contributed by atoms with Crippen molar-refractivity contribution in [2.75, 3.05) is 46.2 Å². The van der Waals surface area contributed by atoms with E-state index < -0.39 is 10.8 Å². The van der Waals surface area contributed by atoms with E-state index in [1.165, 1.54) is 0 Å². The molecular formula is C12H26BrNO5. The van der Waals surface area contributed by atoms with Gasteiger partial charge in [-0.05, 0) is 6.42 Å². The van der Waals surface area contributed by atoms with Crippen LogP contribution in [0.15, 0.2) is 0 Å². The second-order valence-electron chi connectivity index (χ2n) is 3.22. The molecule has 0 heterocycles. The molecule has 0 bridgehead atoms. The topological polar surface area (TPSA) is 91.0 Å². The molecule has 0 aromatic carbocycles. The number of carbonyl (C=O) groups is 1. The highest BCUT2D eigenvalue weighted by atomic mass is 79.9. The Labute approximate surface area is 123 Å². The lowest BCUT2D eigenvalue weighted by atomic mass is 10.3. The summed E-state index contributed by atoms with van der Waals surface area (Å²) in [6.45, 7) is 7.43. The van der Waals surface area contributed by atoms with Gasteiger partial charge >= 0.3 is 5.97 Å². The van der Waals surface area contributed by atoms with E-state index in [0.29, 0.717) is 52.6 Å². The number of carboxylic acid groups (broad SMARTS) is 1. The molecule has 7 heteroatoms. The maximum atomic E-state index is 10.4. The third-order valence-corrected chi connectivity index (χ3v) is 2.64. The van der Waals surface area contributed by atoms with Crippen molar-refractivity contribution in [1.82, 2.24) is 0 Å². The maximum Gasteiger partial charge on any atom is 0.317 e. The monoisotopic (exact) mass is 343 g/mol. The first kappa shape index (κ1) is 21.1. The molecule has 116 valence electrons. The average molecular weight is 344 g/mol. The Kier molecular flexibility index (Phi) is 19.8. The molecule has 6 nitrogen and oxygen atoms in total.